The highest BCUT2D eigenvalue weighted by atomic mass is 16.2. The zero-order valence-electron chi connectivity index (χ0n) is 14.3. The minimum Gasteiger partial charge on any atom is -0.337 e. The van der Waals surface area contributed by atoms with Crippen LogP contribution in [0.2, 0.25) is 0 Å². The monoisotopic (exact) mass is 337 g/mol. The number of carbonyl (C=O) groups excluding carboxylic acids is 1. The molecule has 2 saturated heterocycles. The number of nitrogens with zero attached hydrogens (tertiary/aromatic N) is 5. The van der Waals surface area contributed by atoms with Gasteiger partial charge in [-0.3, -0.25) is 19.7 Å². The quantitative estimate of drug-likeness (QED) is 0.857. The highest BCUT2D eigenvalue weighted by Crippen LogP contribution is 2.39. The van der Waals surface area contributed by atoms with Gasteiger partial charge in [0.1, 0.15) is 5.69 Å². The molecule has 4 rings (SSSR count). The number of likely N-dealkylation sites (tertiary alicyclic amines) is 2. The largest absolute Gasteiger partial charge is 0.337 e. The molecule has 4 heterocycles. The van der Waals surface area contributed by atoms with Gasteiger partial charge in [0.15, 0.2) is 0 Å². The van der Waals surface area contributed by atoms with E-state index in [2.05, 4.69) is 25.9 Å². The summed E-state index contributed by atoms with van der Waals surface area (Å²) >= 11 is 0. The molecular formula is C19H23N5O. The summed E-state index contributed by atoms with van der Waals surface area (Å²) in [4.78, 5) is 29.7. The summed E-state index contributed by atoms with van der Waals surface area (Å²) in [6, 6.07) is 6.08. The molecule has 2 aliphatic rings. The van der Waals surface area contributed by atoms with Crippen molar-refractivity contribution in [2.75, 3.05) is 26.2 Å². The number of pyridine rings is 1. The zero-order valence-corrected chi connectivity index (χ0v) is 14.3. The number of hydrogen-bond acceptors (Lipinski definition) is 5. The van der Waals surface area contributed by atoms with E-state index in [-0.39, 0.29) is 11.3 Å². The van der Waals surface area contributed by atoms with E-state index >= 15 is 0 Å². The highest BCUT2D eigenvalue weighted by Gasteiger charge is 2.43. The van der Waals surface area contributed by atoms with Crippen molar-refractivity contribution in [3.8, 4) is 0 Å². The van der Waals surface area contributed by atoms with Crippen LogP contribution in [0, 0.1) is 5.41 Å². The molecule has 0 aromatic carbocycles. The van der Waals surface area contributed by atoms with Gasteiger partial charge in [0.2, 0.25) is 0 Å². The average molecular weight is 337 g/mol. The lowest BCUT2D eigenvalue weighted by Crippen LogP contribution is -2.45. The maximum absolute atomic E-state index is 12.6. The first-order chi connectivity index (χ1) is 12.2. The average Bonchev–Trinajstić information content (AvgIpc) is 3.06. The number of rotatable bonds is 3. The van der Waals surface area contributed by atoms with Gasteiger partial charge in [0.25, 0.3) is 5.91 Å². The molecule has 0 bridgehead atoms. The summed E-state index contributed by atoms with van der Waals surface area (Å²) in [7, 11) is 0. The first-order valence-electron chi connectivity index (χ1n) is 8.92. The number of aromatic nitrogens is 3. The molecule has 25 heavy (non-hydrogen) atoms. The van der Waals surface area contributed by atoms with Gasteiger partial charge in [0.05, 0.1) is 11.9 Å². The van der Waals surface area contributed by atoms with Gasteiger partial charge in [-0.1, -0.05) is 6.07 Å². The van der Waals surface area contributed by atoms with Crippen LogP contribution in [-0.2, 0) is 6.54 Å². The molecule has 1 unspecified atom stereocenters. The first-order valence-corrected chi connectivity index (χ1v) is 8.92. The molecule has 0 aliphatic carbocycles. The third-order valence-corrected chi connectivity index (χ3v) is 5.36. The number of hydrogen-bond donors (Lipinski definition) is 0. The second kappa shape index (κ2) is 6.88. The Morgan fingerprint density at radius 2 is 2.04 bits per heavy atom. The normalized spacial score (nSPS) is 23.9. The summed E-state index contributed by atoms with van der Waals surface area (Å²) < 4.78 is 0. The first kappa shape index (κ1) is 16.1. The van der Waals surface area contributed by atoms with Crippen LogP contribution in [-0.4, -0.2) is 56.8 Å². The number of amides is 1. The van der Waals surface area contributed by atoms with Gasteiger partial charge in [-0.05, 0) is 37.9 Å². The van der Waals surface area contributed by atoms with Gasteiger partial charge in [-0.25, -0.2) is 4.98 Å². The Balaban J connectivity index is 1.41. The molecule has 6 nitrogen and oxygen atoms in total. The van der Waals surface area contributed by atoms with Gasteiger partial charge >= 0.3 is 0 Å². The Morgan fingerprint density at radius 1 is 1.08 bits per heavy atom. The van der Waals surface area contributed by atoms with E-state index in [1.54, 1.807) is 18.6 Å². The lowest BCUT2D eigenvalue weighted by Gasteiger charge is -2.40. The maximum Gasteiger partial charge on any atom is 0.274 e. The number of piperidine rings is 1. The number of carbonyl (C=O) groups is 1. The molecule has 2 fully saturated rings. The van der Waals surface area contributed by atoms with Crippen molar-refractivity contribution < 1.29 is 4.79 Å². The molecule has 0 saturated carbocycles. The Kier molecular flexibility index (Phi) is 4.44. The van der Waals surface area contributed by atoms with Crippen molar-refractivity contribution in [2.24, 2.45) is 5.41 Å². The van der Waals surface area contributed by atoms with Crippen molar-refractivity contribution in [1.82, 2.24) is 24.8 Å². The summed E-state index contributed by atoms with van der Waals surface area (Å²) in [6.07, 6.45) is 10.0. The molecule has 130 valence electrons. The molecule has 1 spiro atoms. The molecule has 1 atom stereocenters. The Labute approximate surface area is 147 Å². The fraction of sp³-hybridized carbons (Fsp3) is 0.474. The van der Waals surface area contributed by atoms with E-state index < -0.39 is 0 Å². The minimum atomic E-state index is 0.00632. The molecular weight excluding hydrogens is 314 g/mol. The predicted octanol–water partition coefficient (Wildman–Crippen LogP) is 2.00. The van der Waals surface area contributed by atoms with E-state index in [4.69, 9.17) is 0 Å². The third kappa shape index (κ3) is 3.54. The third-order valence-electron chi connectivity index (χ3n) is 5.36. The van der Waals surface area contributed by atoms with Crippen molar-refractivity contribution in [3.63, 3.8) is 0 Å². The minimum absolute atomic E-state index is 0.00632. The van der Waals surface area contributed by atoms with Crippen LogP contribution >= 0.6 is 0 Å². The van der Waals surface area contributed by atoms with E-state index in [0.717, 1.165) is 44.8 Å². The second-order valence-electron chi connectivity index (χ2n) is 7.20. The molecule has 2 aromatic rings. The molecule has 2 aromatic heterocycles. The molecule has 2 aliphatic heterocycles. The molecule has 6 heteroatoms. The fourth-order valence-electron chi connectivity index (χ4n) is 4.18. The van der Waals surface area contributed by atoms with E-state index in [9.17, 15) is 4.79 Å². The Morgan fingerprint density at radius 3 is 2.84 bits per heavy atom. The maximum atomic E-state index is 12.6. The van der Waals surface area contributed by atoms with Crippen LogP contribution in [0.25, 0.3) is 0 Å². The lowest BCUT2D eigenvalue weighted by atomic mass is 9.79. The Hall–Kier alpha value is -2.34. The molecule has 1 amide bonds. The smallest absolute Gasteiger partial charge is 0.274 e. The Bertz CT molecular complexity index is 723. The summed E-state index contributed by atoms with van der Waals surface area (Å²) in [5.41, 5.74) is 1.77. The van der Waals surface area contributed by atoms with Crippen molar-refractivity contribution in [3.05, 3.63) is 54.4 Å². The lowest BCUT2D eigenvalue weighted by molar-refractivity contribution is 0.0668. The van der Waals surface area contributed by atoms with E-state index in [1.165, 1.54) is 12.8 Å². The van der Waals surface area contributed by atoms with Crippen LogP contribution in [0.1, 0.15) is 35.4 Å². The molecule has 0 N–H and O–H groups in total. The van der Waals surface area contributed by atoms with E-state index in [1.807, 2.05) is 23.2 Å². The van der Waals surface area contributed by atoms with E-state index in [0.29, 0.717) is 5.69 Å². The van der Waals surface area contributed by atoms with Gasteiger partial charge in [-0.15, -0.1) is 0 Å². The van der Waals surface area contributed by atoms with Crippen molar-refractivity contribution in [1.29, 1.82) is 0 Å². The summed E-state index contributed by atoms with van der Waals surface area (Å²) in [6.45, 7) is 4.67. The van der Waals surface area contributed by atoms with Crippen LogP contribution in [0.5, 0.6) is 0 Å². The van der Waals surface area contributed by atoms with Crippen LogP contribution in [0.15, 0.2) is 43.0 Å². The second-order valence-corrected chi connectivity index (χ2v) is 7.20. The fourth-order valence-corrected chi connectivity index (χ4v) is 4.18. The zero-order chi connectivity index (χ0) is 17.1. The van der Waals surface area contributed by atoms with Crippen molar-refractivity contribution >= 4 is 5.91 Å². The van der Waals surface area contributed by atoms with Crippen LogP contribution in [0.3, 0.4) is 0 Å². The SMILES string of the molecule is O=C(c1cnccn1)N1CCC2(CCCN(Cc3ccccn3)C2)C1. The predicted molar refractivity (Wildman–Crippen MR) is 93.7 cm³/mol. The topological polar surface area (TPSA) is 62.2 Å². The standard InChI is InChI=1S/C19H23N5O/c25-18(17-12-20-8-9-22-17)24-11-6-19(15-24)5-3-10-23(14-19)13-16-4-1-2-7-21-16/h1-2,4,7-9,12H,3,5-6,10-11,13-15H2. The van der Waals surface area contributed by atoms with Crippen LogP contribution < -0.4 is 0 Å². The summed E-state index contributed by atoms with van der Waals surface area (Å²) in [5.74, 6) is 0.00632. The van der Waals surface area contributed by atoms with Gasteiger partial charge in [0, 0.05) is 50.2 Å². The van der Waals surface area contributed by atoms with Crippen LogP contribution in [0.4, 0.5) is 0 Å². The van der Waals surface area contributed by atoms with Crippen molar-refractivity contribution in [2.45, 2.75) is 25.8 Å². The summed E-state index contributed by atoms with van der Waals surface area (Å²) in [5, 5.41) is 0. The van der Waals surface area contributed by atoms with Gasteiger partial charge in [-0.2, -0.15) is 0 Å². The van der Waals surface area contributed by atoms with Gasteiger partial charge < -0.3 is 4.90 Å². The highest BCUT2D eigenvalue weighted by molar-refractivity contribution is 5.92. The molecule has 0 radical (unpaired) electrons.